The Morgan fingerprint density at radius 1 is 1.09 bits per heavy atom. The fraction of sp³-hybridized carbons (Fsp3) is 0.154. The molecule has 0 fully saturated rings. The zero-order valence-electron chi connectivity index (χ0n) is 11.3. The summed E-state index contributed by atoms with van der Waals surface area (Å²) < 4.78 is 62.1. The van der Waals surface area contributed by atoms with Gasteiger partial charge in [-0.1, -0.05) is 6.07 Å². The smallest absolute Gasteiger partial charge is 0.354 e. The maximum absolute atomic E-state index is 12.6. The van der Waals surface area contributed by atoms with Crippen molar-refractivity contribution in [3.05, 3.63) is 48.2 Å². The molecule has 22 heavy (non-hydrogen) atoms. The molecular formula is C13H12F3N3O2S. The van der Waals surface area contributed by atoms with E-state index in [-0.39, 0.29) is 11.5 Å². The summed E-state index contributed by atoms with van der Waals surface area (Å²) in [7, 11) is -3.43. The molecule has 0 aliphatic rings. The molecule has 2 aromatic rings. The van der Waals surface area contributed by atoms with Crippen LogP contribution < -0.4 is 10.0 Å². The van der Waals surface area contributed by atoms with Gasteiger partial charge in [0.2, 0.25) is 10.0 Å². The lowest BCUT2D eigenvalue weighted by Crippen LogP contribution is -2.10. The van der Waals surface area contributed by atoms with E-state index in [9.17, 15) is 21.6 Å². The van der Waals surface area contributed by atoms with Gasteiger partial charge in [-0.05, 0) is 30.3 Å². The lowest BCUT2D eigenvalue weighted by molar-refractivity contribution is -0.137. The van der Waals surface area contributed by atoms with Crippen LogP contribution in [0, 0.1) is 0 Å². The van der Waals surface area contributed by atoms with E-state index in [2.05, 4.69) is 15.0 Å². The number of sulfonamides is 1. The first-order valence-electron chi connectivity index (χ1n) is 6.02. The first kappa shape index (κ1) is 16.1. The Morgan fingerprint density at radius 3 is 2.36 bits per heavy atom. The summed E-state index contributed by atoms with van der Waals surface area (Å²) in [5, 5.41) is 2.77. The Balaban J connectivity index is 2.14. The summed E-state index contributed by atoms with van der Waals surface area (Å²) in [4.78, 5) is 3.86. The van der Waals surface area contributed by atoms with Crippen molar-refractivity contribution in [3.8, 4) is 0 Å². The minimum atomic E-state index is -4.42. The molecule has 5 nitrogen and oxygen atoms in total. The van der Waals surface area contributed by atoms with Gasteiger partial charge in [-0.15, -0.1) is 0 Å². The molecule has 2 rings (SSSR count). The average Bonchev–Trinajstić information content (AvgIpc) is 2.39. The highest BCUT2D eigenvalue weighted by Crippen LogP contribution is 2.31. The maximum Gasteiger partial charge on any atom is 0.416 e. The highest BCUT2D eigenvalue weighted by molar-refractivity contribution is 7.92. The molecule has 0 aliphatic carbocycles. The zero-order chi connectivity index (χ0) is 16.4. The van der Waals surface area contributed by atoms with Crippen LogP contribution >= 0.6 is 0 Å². The highest BCUT2D eigenvalue weighted by atomic mass is 32.2. The second kappa shape index (κ2) is 5.84. The molecule has 1 aromatic heterocycles. The standard InChI is InChI=1S/C13H12F3N3O2S/c1-22(20,21)19-12-6-5-11(8-17-12)18-10-4-2-3-9(7-10)13(14,15)16/h2-8,18H,1H3,(H,17,19). The third-order valence-electron chi connectivity index (χ3n) is 2.53. The van der Waals surface area contributed by atoms with Crippen LogP contribution in [0.25, 0.3) is 0 Å². The molecule has 2 N–H and O–H groups in total. The number of nitrogens with one attached hydrogen (secondary N) is 2. The van der Waals surface area contributed by atoms with Crippen molar-refractivity contribution in [2.75, 3.05) is 16.3 Å². The van der Waals surface area contributed by atoms with E-state index in [1.807, 2.05) is 0 Å². The number of nitrogens with zero attached hydrogens (tertiary/aromatic N) is 1. The van der Waals surface area contributed by atoms with E-state index < -0.39 is 21.8 Å². The minimum Gasteiger partial charge on any atom is -0.354 e. The van der Waals surface area contributed by atoms with Gasteiger partial charge in [0.25, 0.3) is 0 Å². The van der Waals surface area contributed by atoms with E-state index in [1.165, 1.54) is 30.5 Å². The molecule has 0 spiro atoms. The SMILES string of the molecule is CS(=O)(=O)Nc1ccc(Nc2cccc(C(F)(F)F)c2)cn1. The number of benzene rings is 1. The molecule has 0 radical (unpaired) electrons. The number of anilines is 3. The van der Waals surface area contributed by atoms with Crippen LogP contribution in [0.1, 0.15) is 5.56 Å². The predicted molar refractivity (Wildman–Crippen MR) is 77.4 cm³/mol. The third-order valence-corrected chi connectivity index (χ3v) is 3.11. The predicted octanol–water partition coefficient (Wildman–Crippen LogP) is 3.22. The van der Waals surface area contributed by atoms with Gasteiger partial charge >= 0.3 is 6.18 Å². The van der Waals surface area contributed by atoms with E-state index in [0.717, 1.165) is 18.4 Å². The van der Waals surface area contributed by atoms with Crippen LogP contribution in [-0.2, 0) is 16.2 Å². The van der Waals surface area contributed by atoms with Crippen molar-refractivity contribution >= 4 is 27.2 Å². The van der Waals surface area contributed by atoms with Gasteiger partial charge in [0.05, 0.1) is 23.7 Å². The normalized spacial score (nSPS) is 12.0. The van der Waals surface area contributed by atoms with Gasteiger partial charge in [0.1, 0.15) is 5.82 Å². The summed E-state index contributed by atoms with van der Waals surface area (Å²) in [6.45, 7) is 0. The Bertz CT molecular complexity index is 759. The lowest BCUT2D eigenvalue weighted by atomic mass is 10.2. The summed E-state index contributed by atoms with van der Waals surface area (Å²) in [5.74, 6) is 0.122. The summed E-state index contributed by atoms with van der Waals surface area (Å²) >= 11 is 0. The maximum atomic E-state index is 12.6. The van der Waals surface area contributed by atoms with Crippen LogP contribution in [-0.4, -0.2) is 19.7 Å². The van der Waals surface area contributed by atoms with E-state index in [1.54, 1.807) is 0 Å². The average molecular weight is 331 g/mol. The highest BCUT2D eigenvalue weighted by Gasteiger charge is 2.30. The Labute approximate surface area is 125 Å². The molecule has 0 saturated heterocycles. The van der Waals surface area contributed by atoms with Crippen molar-refractivity contribution in [3.63, 3.8) is 0 Å². The molecule has 1 heterocycles. The lowest BCUT2D eigenvalue weighted by Gasteiger charge is -2.11. The Hall–Kier alpha value is -2.29. The number of hydrogen-bond donors (Lipinski definition) is 2. The summed E-state index contributed by atoms with van der Waals surface area (Å²) in [6.07, 6.45) is -2.11. The van der Waals surface area contributed by atoms with Gasteiger partial charge in [0.15, 0.2) is 0 Å². The molecule has 0 bridgehead atoms. The van der Waals surface area contributed by atoms with Gasteiger partial charge in [-0.2, -0.15) is 13.2 Å². The van der Waals surface area contributed by atoms with Gasteiger partial charge in [-0.3, -0.25) is 4.72 Å². The van der Waals surface area contributed by atoms with Crippen LogP contribution in [0.2, 0.25) is 0 Å². The van der Waals surface area contributed by atoms with Crippen LogP contribution in [0.3, 0.4) is 0 Å². The Kier molecular flexibility index (Phi) is 4.27. The third kappa shape index (κ3) is 4.62. The number of aromatic nitrogens is 1. The topological polar surface area (TPSA) is 71.1 Å². The Morgan fingerprint density at radius 2 is 1.82 bits per heavy atom. The van der Waals surface area contributed by atoms with Gasteiger partial charge in [0, 0.05) is 5.69 Å². The van der Waals surface area contributed by atoms with Crippen LogP contribution in [0.5, 0.6) is 0 Å². The molecule has 118 valence electrons. The largest absolute Gasteiger partial charge is 0.416 e. The summed E-state index contributed by atoms with van der Waals surface area (Å²) in [6, 6.07) is 7.62. The fourth-order valence-corrected chi connectivity index (χ4v) is 2.16. The first-order valence-corrected chi connectivity index (χ1v) is 7.91. The van der Waals surface area contributed by atoms with Crippen LogP contribution in [0.4, 0.5) is 30.4 Å². The molecule has 0 amide bonds. The van der Waals surface area contributed by atoms with Gasteiger partial charge < -0.3 is 5.32 Å². The number of hydrogen-bond acceptors (Lipinski definition) is 4. The first-order chi connectivity index (χ1) is 10.1. The number of pyridine rings is 1. The monoisotopic (exact) mass is 331 g/mol. The molecule has 9 heteroatoms. The summed E-state index contributed by atoms with van der Waals surface area (Å²) in [5.41, 5.74) is -0.0837. The molecule has 0 unspecified atom stereocenters. The number of alkyl halides is 3. The number of halogens is 3. The van der Waals surface area contributed by atoms with Crippen molar-refractivity contribution in [2.24, 2.45) is 0 Å². The van der Waals surface area contributed by atoms with Crippen LogP contribution in [0.15, 0.2) is 42.6 Å². The van der Waals surface area contributed by atoms with Crippen molar-refractivity contribution < 1.29 is 21.6 Å². The van der Waals surface area contributed by atoms with Gasteiger partial charge in [-0.25, -0.2) is 13.4 Å². The second-order valence-electron chi connectivity index (χ2n) is 4.51. The zero-order valence-corrected chi connectivity index (χ0v) is 12.2. The molecule has 0 atom stereocenters. The molecule has 0 aliphatic heterocycles. The fourth-order valence-electron chi connectivity index (χ4n) is 1.66. The van der Waals surface area contributed by atoms with E-state index in [0.29, 0.717) is 5.69 Å². The molecular weight excluding hydrogens is 319 g/mol. The van der Waals surface area contributed by atoms with Crippen molar-refractivity contribution in [1.82, 2.24) is 4.98 Å². The van der Waals surface area contributed by atoms with Crippen molar-refractivity contribution in [2.45, 2.75) is 6.18 Å². The van der Waals surface area contributed by atoms with E-state index in [4.69, 9.17) is 0 Å². The number of rotatable bonds is 4. The quantitative estimate of drug-likeness (QED) is 0.902. The minimum absolute atomic E-state index is 0.122. The van der Waals surface area contributed by atoms with Crippen molar-refractivity contribution in [1.29, 1.82) is 0 Å². The second-order valence-corrected chi connectivity index (χ2v) is 6.26. The van der Waals surface area contributed by atoms with E-state index >= 15 is 0 Å². The molecule has 1 aromatic carbocycles. The molecule has 0 saturated carbocycles.